The first kappa shape index (κ1) is 13.6. The van der Waals surface area contributed by atoms with Crippen molar-refractivity contribution in [1.82, 2.24) is 14.9 Å². The Kier molecular flexibility index (Phi) is 2.74. The largest absolute Gasteiger partial charge is 0.493 e. The van der Waals surface area contributed by atoms with Crippen LogP contribution < -0.4 is 4.74 Å². The molecule has 2 aromatic heterocycles. The molecule has 2 aliphatic rings. The van der Waals surface area contributed by atoms with Crippen molar-refractivity contribution in [2.45, 2.75) is 6.42 Å². The van der Waals surface area contributed by atoms with Gasteiger partial charge >= 0.3 is 0 Å². The summed E-state index contributed by atoms with van der Waals surface area (Å²) in [7, 11) is 0. The Hall–Kier alpha value is -2.82. The summed E-state index contributed by atoms with van der Waals surface area (Å²) < 4.78 is 5.90. The van der Waals surface area contributed by atoms with Crippen molar-refractivity contribution in [1.29, 1.82) is 0 Å². The first-order chi connectivity index (χ1) is 11.7. The van der Waals surface area contributed by atoms with Gasteiger partial charge in [-0.15, -0.1) is 0 Å². The molecule has 1 aromatic carbocycles. The van der Waals surface area contributed by atoms with E-state index in [1.54, 1.807) is 6.07 Å². The highest BCUT2D eigenvalue weighted by Gasteiger charge is 2.48. The SMILES string of the molecule is O=C(c1ccc2cc[nH]c2n1)N1CC2(COc3ccccc3C2)C1. The van der Waals surface area contributed by atoms with Gasteiger partial charge in [0.25, 0.3) is 5.91 Å². The van der Waals surface area contributed by atoms with E-state index in [1.807, 2.05) is 41.4 Å². The van der Waals surface area contributed by atoms with E-state index in [1.165, 1.54) is 5.56 Å². The zero-order valence-corrected chi connectivity index (χ0v) is 13.2. The van der Waals surface area contributed by atoms with E-state index in [9.17, 15) is 4.79 Å². The number of hydrogen-bond acceptors (Lipinski definition) is 3. The molecule has 1 fully saturated rings. The van der Waals surface area contributed by atoms with Gasteiger partial charge in [-0.05, 0) is 36.2 Å². The van der Waals surface area contributed by atoms with E-state index in [-0.39, 0.29) is 11.3 Å². The van der Waals surface area contributed by atoms with Crippen LogP contribution >= 0.6 is 0 Å². The number of benzene rings is 1. The molecule has 3 aromatic rings. The highest BCUT2D eigenvalue weighted by atomic mass is 16.5. The van der Waals surface area contributed by atoms with Crippen LogP contribution in [0.5, 0.6) is 5.75 Å². The standard InChI is InChI=1S/C19H17N3O2/c23-18(15-6-5-13-7-8-20-17(13)21-15)22-10-19(11-22)9-14-3-1-2-4-16(14)24-12-19/h1-8H,9-12H2,(H,20,21). The molecule has 1 N–H and O–H groups in total. The molecule has 0 radical (unpaired) electrons. The monoisotopic (exact) mass is 319 g/mol. The van der Waals surface area contributed by atoms with Gasteiger partial charge in [0.15, 0.2) is 0 Å². The van der Waals surface area contributed by atoms with Gasteiger partial charge in [-0.1, -0.05) is 18.2 Å². The molecular formula is C19H17N3O2. The number of H-pyrrole nitrogens is 1. The molecule has 1 spiro atoms. The number of aromatic nitrogens is 2. The third-order valence-corrected chi connectivity index (χ3v) is 5.04. The summed E-state index contributed by atoms with van der Waals surface area (Å²) >= 11 is 0. The second-order valence-corrected chi connectivity index (χ2v) is 6.85. The molecular weight excluding hydrogens is 302 g/mol. The Morgan fingerprint density at radius 2 is 2.04 bits per heavy atom. The smallest absolute Gasteiger partial charge is 0.272 e. The molecule has 4 heterocycles. The highest BCUT2D eigenvalue weighted by molar-refractivity contribution is 5.95. The molecule has 0 atom stereocenters. The Bertz CT molecular complexity index is 940. The summed E-state index contributed by atoms with van der Waals surface area (Å²) in [5, 5.41) is 1.02. The molecule has 5 heteroatoms. The van der Waals surface area contributed by atoms with Gasteiger partial charge < -0.3 is 14.6 Å². The van der Waals surface area contributed by atoms with E-state index in [0.29, 0.717) is 12.3 Å². The van der Waals surface area contributed by atoms with Crippen LogP contribution in [0.2, 0.25) is 0 Å². The number of carbonyl (C=O) groups excluding carboxylic acids is 1. The van der Waals surface area contributed by atoms with Crippen molar-refractivity contribution in [2.75, 3.05) is 19.7 Å². The van der Waals surface area contributed by atoms with Gasteiger partial charge in [-0.2, -0.15) is 0 Å². The predicted molar refractivity (Wildman–Crippen MR) is 90.1 cm³/mol. The molecule has 0 unspecified atom stereocenters. The van der Waals surface area contributed by atoms with Crippen LogP contribution in [0, 0.1) is 5.41 Å². The van der Waals surface area contributed by atoms with Gasteiger partial charge in [-0.3, -0.25) is 4.79 Å². The summed E-state index contributed by atoms with van der Waals surface area (Å²) in [6.45, 7) is 2.13. The van der Waals surface area contributed by atoms with E-state index in [2.05, 4.69) is 16.0 Å². The maximum atomic E-state index is 12.7. The zero-order valence-electron chi connectivity index (χ0n) is 13.2. The predicted octanol–water partition coefficient (Wildman–Crippen LogP) is 2.64. The summed E-state index contributed by atoms with van der Waals surface area (Å²) in [5.74, 6) is 0.975. The van der Waals surface area contributed by atoms with Crippen LogP contribution in [0.15, 0.2) is 48.7 Å². The first-order valence-electron chi connectivity index (χ1n) is 8.17. The highest BCUT2D eigenvalue weighted by Crippen LogP contribution is 2.41. The van der Waals surface area contributed by atoms with E-state index in [0.717, 1.165) is 36.3 Å². The molecule has 24 heavy (non-hydrogen) atoms. The second-order valence-electron chi connectivity index (χ2n) is 6.85. The van der Waals surface area contributed by atoms with Crippen molar-refractivity contribution in [3.05, 3.63) is 59.9 Å². The average Bonchev–Trinajstić information content (AvgIpc) is 3.06. The molecule has 0 aliphatic carbocycles. The third kappa shape index (κ3) is 2.01. The number of ether oxygens (including phenoxy) is 1. The maximum Gasteiger partial charge on any atom is 0.272 e. The van der Waals surface area contributed by atoms with E-state index >= 15 is 0 Å². The Morgan fingerprint density at radius 3 is 2.96 bits per heavy atom. The van der Waals surface area contributed by atoms with Gasteiger partial charge in [0.1, 0.15) is 17.1 Å². The van der Waals surface area contributed by atoms with E-state index < -0.39 is 0 Å². The molecule has 0 saturated carbocycles. The Morgan fingerprint density at radius 1 is 1.17 bits per heavy atom. The lowest BCUT2D eigenvalue weighted by Crippen LogP contribution is -2.62. The number of carbonyl (C=O) groups is 1. The minimum atomic E-state index is -0.00372. The summed E-state index contributed by atoms with van der Waals surface area (Å²) in [4.78, 5) is 22.0. The molecule has 5 rings (SSSR count). The number of hydrogen-bond donors (Lipinski definition) is 1. The summed E-state index contributed by atoms with van der Waals surface area (Å²) in [6, 6.07) is 13.8. The number of nitrogens with one attached hydrogen (secondary N) is 1. The maximum absolute atomic E-state index is 12.7. The Labute approximate surface area is 139 Å². The summed E-state index contributed by atoms with van der Waals surface area (Å²) in [5.41, 5.74) is 2.55. The van der Waals surface area contributed by atoms with Gasteiger partial charge in [0, 0.05) is 30.1 Å². The van der Waals surface area contributed by atoms with Crippen LogP contribution in [0.1, 0.15) is 16.1 Å². The fourth-order valence-electron chi connectivity index (χ4n) is 3.80. The average molecular weight is 319 g/mol. The van der Waals surface area contributed by atoms with Gasteiger partial charge in [0.05, 0.1) is 6.61 Å². The minimum absolute atomic E-state index is 0.00372. The third-order valence-electron chi connectivity index (χ3n) is 5.04. The number of nitrogens with zero attached hydrogens (tertiary/aromatic N) is 2. The molecule has 0 bridgehead atoms. The lowest BCUT2D eigenvalue weighted by molar-refractivity contribution is -0.0293. The lowest BCUT2D eigenvalue weighted by atomic mass is 9.74. The number of rotatable bonds is 1. The van der Waals surface area contributed by atoms with Crippen molar-refractivity contribution in [3.8, 4) is 5.75 Å². The van der Waals surface area contributed by atoms with Crippen molar-refractivity contribution < 1.29 is 9.53 Å². The fourth-order valence-corrected chi connectivity index (χ4v) is 3.80. The normalized spacial score (nSPS) is 18.1. The van der Waals surface area contributed by atoms with Crippen molar-refractivity contribution in [2.24, 2.45) is 5.41 Å². The van der Waals surface area contributed by atoms with E-state index in [4.69, 9.17) is 4.74 Å². The van der Waals surface area contributed by atoms with Gasteiger partial charge in [0.2, 0.25) is 0 Å². The quantitative estimate of drug-likeness (QED) is 0.750. The fraction of sp³-hybridized carbons (Fsp3) is 0.263. The molecule has 1 amide bonds. The summed E-state index contributed by atoms with van der Waals surface area (Å²) in [6.07, 6.45) is 2.80. The second kappa shape index (κ2) is 4.84. The number of fused-ring (bicyclic) bond motifs is 2. The van der Waals surface area contributed by atoms with Crippen LogP contribution in [0.3, 0.4) is 0 Å². The molecule has 120 valence electrons. The molecule has 5 nitrogen and oxygen atoms in total. The first-order valence-corrected chi connectivity index (χ1v) is 8.17. The van der Waals surface area contributed by atoms with Crippen LogP contribution in [0.4, 0.5) is 0 Å². The number of aromatic amines is 1. The van der Waals surface area contributed by atoms with Crippen LogP contribution in [-0.4, -0.2) is 40.5 Å². The van der Waals surface area contributed by atoms with Crippen molar-refractivity contribution in [3.63, 3.8) is 0 Å². The Balaban J connectivity index is 1.33. The lowest BCUT2D eigenvalue weighted by Gasteiger charge is -2.51. The number of likely N-dealkylation sites (tertiary alicyclic amines) is 1. The molecule has 1 saturated heterocycles. The van der Waals surface area contributed by atoms with Gasteiger partial charge in [-0.25, -0.2) is 4.98 Å². The zero-order chi connectivity index (χ0) is 16.1. The number of amides is 1. The molecule has 2 aliphatic heterocycles. The minimum Gasteiger partial charge on any atom is -0.493 e. The van der Waals surface area contributed by atoms with Crippen molar-refractivity contribution >= 4 is 16.9 Å². The van der Waals surface area contributed by atoms with Crippen LogP contribution in [0.25, 0.3) is 11.0 Å². The number of para-hydroxylation sites is 1. The van der Waals surface area contributed by atoms with Crippen LogP contribution in [-0.2, 0) is 6.42 Å². The number of pyridine rings is 1. The topological polar surface area (TPSA) is 58.2 Å².